The van der Waals surface area contributed by atoms with Crippen LogP contribution in [0.1, 0.15) is 48.9 Å². The zero-order valence-corrected chi connectivity index (χ0v) is 17.6. The van der Waals surface area contributed by atoms with Gasteiger partial charge in [-0.15, -0.1) is 0 Å². The van der Waals surface area contributed by atoms with Crippen molar-refractivity contribution in [1.29, 1.82) is 0 Å². The predicted octanol–water partition coefficient (Wildman–Crippen LogP) is 5.74. The van der Waals surface area contributed by atoms with Crippen LogP contribution >= 0.6 is 0 Å². The standard InChI is InChI=1S/C25H32N4/c1-4-8-22(16-18-29(3)19-21-13-11-20(2)12-14-21)24-15-17-26-25(28-24)27-23-9-6-5-7-10-23/h4,8,11-18,23H,1,5-7,9-10,19H2,2-3H3,(H,26,27,28)/b18-16-,22-8+. The monoisotopic (exact) mass is 388 g/mol. The summed E-state index contributed by atoms with van der Waals surface area (Å²) in [5, 5.41) is 3.51. The molecule has 0 spiro atoms. The summed E-state index contributed by atoms with van der Waals surface area (Å²) in [6.45, 7) is 6.83. The van der Waals surface area contributed by atoms with Gasteiger partial charge in [0, 0.05) is 31.4 Å². The van der Waals surface area contributed by atoms with Gasteiger partial charge in [0.15, 0.2) is 0 Å². The smallest absolute Gasteiger partial charge is 0.223 e. The van der Waals surface area contributed by atoms with Gasteiger partial charge < -0.3 is 10.2 Å². The van der Waals surface area contributed by atoms with Crippen LogP contribution in [0.3, 0.4) is 0 Å². The molecule has 2 aromatic rings. The summed E-state index contributed by atoms with van der Waals surface area (Å²) >= 11 is 0. The lowest BCUT2D eigenvalue weighted by Gasteiger charge is -2.22. The van der Waals surface area contributed by atoms with Crippen LogP contribution in [0.25, 0.3) is 5.57 Å². The predicted molar refractivity (Wildman–Crippen MR) is 122 cm³/mol. The summed E-state index contributed by atoms with van der Waals surface area (Å²) in [7, 11) is 2.08. The molecule has 1 aromatic carbocycles. The van der Waals surface area contributed by atoms with E-state index in [1.807, 2.05) is 18.3 Å². The lowest BCUT2D eigenvalue weighted by molar-refractivity contribution is 0.451. The molecule has 29 heavy (non-hydrogen) atoms. The second-order valence-electron chi connectivity index (χ2n) is 7.82. The number of hydrogen-bond donors (Lipinski definition) is 1. The van der Waals surface area contributed by atoms with Crippen molar-refractivity contribution in [2.45, 2.75) is 51.6 Å². The van der Waals surface area contributed by atoms with E-state index >= 15 is 0 Å². The van der Waals surface area contributed by atoms with E-state index in [-0.39, 0.29) is 0 Å². The first-order chi connectivity index (χ1) is 14.1. The fourth-order valence-electron chi connectivity index (χ4n) is 3.61. The molecular formula is C25H32N4. The SMILES string of the molecule is C=C/C=C(\C=C/N(C)Cc1ccc(C)cc1)c1ccnc(NC2CCCCC2)n1. The van der Waals surface area contributed by atoms with Gasteiger partial charge in [0.2, 0.25) is 5.95 Å². The Bertz CT molecular complexity index is 845. The van der Waals surface area contributed by atoms with Crippen LogP contribution in [0.15, 0.2) is 67.5 Å². The molecule has 0 bridgehead atoms. The Balaban J connectivity index is 1.67. The highest BCUT2D eigenvalue weighted by atomic mass is 15.1. The van der Waals surface area contributed by atoms with Gasteiger partial charge in [-0.2, -0.15) is 0 Å². The van der Waals surface area contributed by atoms with Gasteiger partial charge in [-0.3, -0.25) is 0 Å². The van der Waals surface area contributed by atoms with Crippen LogP contribution in [-0.4, -0.2) is 28.0 Å². The second kappa shape index (κ2) is 10.6. The number of allylic oxidation sites excluding steroid dienone is 4. The van der Waals surface area contributed by atoms with Crippen molar-refractivity contribution < 1.29 is 0 Å². The van der Waals surface area contributed by atoms with E-state index in [0.717, 1.165) is 17.8 Å². The van der Waals surface area contributed by atoms with E-state index < -0.39 is 0 Å². The van der Waals surface area contributed by atoms with Crippen molar-refractivity contribution >= 4 is 11.5 Å². The maximum atomic E-state index is 4.75. The average molecular weight is 389 g/mol. The molecule has 3 rings (SSSR count). The van der Waals surface area contributed by atoms with Crippen molar-refractivity contribution in [3.05, 3.63) is 84.4 Å². The topological polar surface area (TPSA) is 41.1 Å². The molecule has 1 aliphatic rings. The summed E-state index contributed by atoms with van der Waals surface area (Å²) in [5.74, 6) is 0.714. The minimum atomic E-state index is 0.488. The lowest BCUT2D eigenvalue weighted by atomic mass is 9.96. The van der Waals surface area contributed by atoms with Gasteiger partial charge in [0.1, 0.15) is 0 Å². The number of aromatic nitrogens is 2. The molecule has 152 valence electrons. The average Bonchev–Trinajstić information content (AvgIpc) is 2.74. The van der Waals surface area contributed by atoms with E-state index in [1.54, 1.807) is 6.08 Å². The van der Waals surface area contributed by atoms with Crippen molar-refractivity contribution in [2.24, 2.45) is 0 Å². The Morgan fingerprint density at radius 2 is 1.93 bits per heavy atom. The summed E-state index contributed by atoms with van der Waals surface area (Å²) in [4.78, 5) is 11.3. The highest BCUT2D eigenvalue weighted by Gasteiger charge is 2.14. The molecule has 0 aliphatic heterocycles. The van der Waals surface area contributed by atoms with Crippen molar-refractivity contribution in [2.75, 3.05) is 12.4 Å². The zero-order valence-electron chi connectivity index (χ0n) is 17.6. The number of nitrogens with zero attached hydrogens (tertiary/aromatic N) is 3. The molecule has 4 nitrogen and oxygen atoms in total. The lowest BCUT2D eigenvalue weighted by Crippen LogP contribution is -2.23. The third-order valence-electron chi connectivity index (χ3n) is 5.25. The van der Waals surface area contributed by atoms with Crippen LogP contribution in [-0.2, 0) is 6.54 Å². The number of rotatable bonds is 8. The highest BCUT2D eigenvalue weighted by Crippen LogP contribution is 2.21. The Morgan fingerprint density at radius 3 is 2.66 bits per heavy atom. The molecular weight excluding hydrogens is 356 g/mol. The molecule has 4 heteroatoms. The van der Waals surface area contributed by atoms with E-state index in [1.165, 1.54) is 43.2 Å². The first-order valence-electron chi connectivity index (χ1n) is 10.5. The fraction of sp³-hybridized carbons (Fsp3) is 0.360. The summed E-state index contributed by atoms with van der Waals surface area (Å²) < 4.78 is 0. The van der Waals surface area contributed by atoms with Gasteiger partial charge in [-0.1, -0.05) is 67.8 Å². The first kappa shape index (κ1) is 20.8. The number of hydrogen-bond acceptors (Lipinski definition) is 4. The normalized spacial score (nSPS) is 15.4. The van der Waals surface area contributed by atoms with Gasteiger partial charge in [0.25, 0.3) is 0 Å². The molecule has 1 aliphatic carbocycles. The summed E-state index contributed by atoms with van der Waals surface area (Å²) in [6, 6.07) is 11.1. The molecule has 1 fully saturated rings. The van der Waals surface area contributed by atoms with Gasteiger partial charge in [0.05, 0.1) is 5.69 Å². The molecule has 0 amide bonds. The number of aryl methyl sites for hydroxylation is 1. The largest absolute Gasteiger partial charge is 0.376 e. The van der Waals surface area contributed by atoms with Crippen LogP contribution in [0.2, 0.25) is 0 Å². The van der Waals surface area contributed by atoms with Crippen LogP contribution < -0.4 is 5.32 Å². The van der Waals surface area contributed by atoms with E-state index in [9.17, 15) is 0 Å². The highest BCUT2D eigenvalue weighted by molar-refractivity contribution is 5.73. The van der Waals surface area contributed by atoms with E-state index in [0.29, 0.717) is 12.0 Å². The Hall–Kier alpha value is -2.88. The second-order valence-corrected chi connectivity index (χ2v) is 7.82. The third kappa shape index (κ3) is 6.60. The molecule has 1 saturated carbocycles. The molecule has 0 radical (unpaired) electrons. The molecule has 0 saturated heterocycles. The summed E-state index contributed by atoms with van der Waals surface area (Å²) in [6.07, 6.45) is 16.1. The van der Waals surface area contributed by atoms with Gasteiger partial charge >= 0.3 is 0 Å². The minimum absolute atomic E-state index is 0.488. The number of benzene rings is 1. The number of nitrogens with one attached hydrogen (secondary N) is 1. The maximum absolute atomic E-state index is 4.75. The van der Waals surface area contributed by atoms with Gasteiger partial charge in [-0.05, 0) is 43.7 Å². The molecule has 1 N–H and O–H groups in total. The van der Waals surface area contributed by atoms with Crippen molar-refractivity contribution in [3.8, 4) is 0 Å². The minimum Gasteiger partial charge on any atom is -0.376 e. The van der Waals surface area contributed by atoms with Gasteiger partial charge in [-0.25, -0.2) is 9.97 Å². The first-order valence-corrected chi connectivity index (χ1v) is 10.5. The maximum Gasteiger partial charge on any atom is 0.223 e. The van der Waals surface area contributed by atoms with Crippen LogP contribution in [0, 0.1) is 6.92 Å². The number of anilines is 1. The van der Waals surface area contributed by atoms with Crippen LogP contribution in [0.4, 0.5) is 5.95 Å². The molecule has 1 heterocycles. The quantitative estimate of drug-likeness (QED) is 0.585. The molecule has 0 atom stereocenters. The van der Waals surface area contributed by atoms with Crippen LogP contribution in [0.5, 0.6) is 0 Å². The Labute approximate surface area is 175 Å². The zero-order chi connectivity index (χ0) is 20.5. The van der Waals surface area contributed by atoms with Crippen molar-refractivity contribution in [3.63, 3.8) is 0 Å². The Morgan fingerprint density at radius 1 is 1.17 bits per heavy atom. The third-order valence-corrected chi connectivity index (χ3v) is 5.25. The fourth-order valence-corrected chi connectivity index (χ4v) is 3.61. The molecule has 1 aromatic heterocycles. The van der Waals surface area contributed by atoms with Crippen molar-refractivity contribution in [1.82, 2.24) is 14.9 Å². The molecule has 0 unspecified atom stereocenters. The Kier molecular flexibility index (Phi) is 7.62. The van der Waals surface area contributed by atoms with E-state index in [4.69, 9.17) is 4.98 Å². The summed E-state index contributed by atoms with van der Waals surface area (Å²) in [5.41, 5.74) is 4.49. The van der Waals surface area contributed by atoms with E-state index in [2.05, 4.69) is 72.3 Å².